The van der Waals surface area contributed by atoms with Gasteiger partial charge in [0.1, 0.15) is 10.7 Å². The summed E-state index contributed by atoms with van der Waals surface area (Å²) in [7, 11) is 1.24. The minimum absolute atomic E-state index is 0.264. The van der Waals surface area contributed by atoms with Gasteiger partial charge in [-0.05, 0) is 36.6 Å². The van der Waals surface area contributed by atoms with E-state index in [0.29, 0.717) is 0 Å². The number of pyridine rings is 1. The van der Waals surface area contributed by atoms with E-state index in [4.69, 9.17) is 16.3 Å². The topological polar surface area (TPSA) is 71.5 Å². The third-order valence-electron chi connectivity index (χ3n) is 4.53. The van der Waals surface area contributed by atoms with Gasteiger partial charge < -0.3 is 15.2 Å². The fraction of sp³-hybridized carbons (Fsp3) is 0.200. The highest BCUT2D eigenvalue weighted by Crippen LogP contribution is 2.45. The molecule has 0 aliphatic heterocycles. The summed E-state index contributed by atoms with van der Waals surface area (Å²) in [5.41, 5.74) is -2.26. The second-order valence-corrected chi connectivity index (χ2v) is 7.50. The number of halogens is 1. The van der Waals surface area contributed by atoms with Gasteiger partial charge >= 0.3 is 5.97 Å². The molecule has 0 saturated heterocycles. The maximum absolute atomic E-state index is 12.9. The number of nitrogens with zero attached hydrogens (tertiary/aromatic N) is 1. The van der Waals surface area contributed by atoms with Crippen LogP contribution in [0.25, 0.3) is 0 Å². The maximum atomic E-state index is 12.9. The largest absolute Gasteiger partial charge is 0.467 e. The highest BCUT2D eigenvalue weighted by molar-refractivity contribution is 7.10. The van der Waals surface area contributed by atoms with Crippen LogP contribution >= 0.6 is 22.9 Å². The van der Waals surface area contributed by atoms with Gasteiger partial charge in [-0.25, -0.2) is 9.78 Å². The Balaban J connectivity index is 2.22. The molecule has 0 amide bonds. The van der Waals surface area contributed by atoms with Crippen LogP contribution in [0.5, 0.6) is 0 Å². The second-order valence-electron chi connectivity index (χ2n) is 6.16. The molecule has 7 heteroatoms. The molecule has 0 aliphatic carbocycles. The first kappa shape index (κ1) is 19.4. The average Bonchev–Trinajstić information content (AvgIpc) is 3.23. The minimum Gasteiger partial charge on any atom is -0.467 e. The van der Waals surface area contributed by atoms with Crippen molar-refractivity contribution in [2.24, 2.45) is 0 Å². The Hall–Kier alpha value is -2.41. The maximum Gasteiger partial charge on any atom is 0.345 e. The van der Waals surface area contributed by atoms with Crippen molar-refractivity contribution in [1.29, 1.82) is 0 Å². The monoisotopic (exact) mass is 402 g/mol. The van der Waals surface area contributed by atoms with Gasteiger partial charge in [-0.15, -0.1) is 11.3 Å². The van der Waals surface area contributed by atoms with Crippen LogP contribution in [0.4, 0.5) is 5.69 Å². The zero-order chi connectivity index (χ0) is 19.5. The van der Waals surface area contributed by atoms with Crippen LogP contribution in [-0.2, 0) is 20.7 Å². The predicted molar refractivity (Wildman–Crippen MR) is 107 cm³/mol. The van der Waals surface area contributed by atoms with E-state index < -0.39 is 17.1 Å². The van der Waals surface area contributed by atoms with Crippen molar-refractivity contribution in [3.63, 3.8) is 0 Å². The van der Waals surface area contributed by atoms with E-state index in [1.165, 1.54) is 30.7 Å². The zero-order valence-corrected chi connectivity index (χ0v) is 16.4. The molecule has 0 aliphatic rings. The number of benzene rings is 1. The number of nitrogens with one attached hydrogen (secondary N) is 1. The van der Waals surface area contributed by atoms with E-state index in [2.05, 4.69) is 10.3 Å². The third kappa shape index (κ3) is 3.43. The van der Waals surface area contributed by atoms with Crippen LogP contribution in [-0.4, -0.2) is 23.2 Å². The highest BCUT2D eigenvalue weighted by atomic mass is 35.5. The van der Waals surface area contributed by atoms with Crippen LogP contribution in [0.3, 0.4) is 0 Å². The standard InChI is InChI=1S/C20H19ClN2O3S/c1-19(16-9-6-12-27-16,23-15-7-4-3-5-8-15)20(25,18(24)26-2)14-10-11-17(21)22-13-14/h3-13,23,25H,1-2H3/t19-,20+/m0/s1. The van der Waals surface area contributed by atoms with Gasteiger partial charge in [0.15, 0.2) is 0 Å². The number of aliphatic hydroxyl groups is 1. The van der Waals surface area contributed by atoms with Crippen LogP contribution < -0.4 is 5.32 Å². The molecule has 3 rings (SSSR count). The average molecular weight is 403 g/mol. The van der Waals surface area contributed by atoms with E-state index in [-0.39, 0.29) is 10.7 Å². The Morgan fingerprint density at radius 2 is 1.93 bits per heavy atom. The lowest BCUT2D eigenvalue weighted by Crippen LogP contribution is -2.57. The van der Waals surface area contributed by atoms with Crippen LogP contribution in [0, 0.1) is 0 Å². The minimum atomic E-state index is -2.06. The van der Waals surface area contributed by atoms with Crippen molar-refractivity contribution >= 4 is 34.6 Å². The molecule has 1 aromatic carbocycles. The predicted octanol–water partition coefficient (Wildman–Crippen LogP) is 4.18. The number of aromatic nitrogens is 1. The first-order valence-corrected chi connectivity index (χ1v) is 9.47. The normalized spacial score (nSPS) is 15.4. The first-order valence-electron chi connectivity index (χ1n) is 8.22. The lowest BCUT2D eigenvalue weighted by Gasteiger charge is -2.43. The summed E-state index contributed by atoms with van der Waals surface area (Å²) in [5.74, 6) is -0.800. The smallest absolute Gasteiger partial charge is 0.345 e. The number of carbonyl (C=O) groups is 1. The summed E-state index contributed by atoms with van der Waals surface area (Å²) < 4.78 is 5.00. The molecule has 3 aromatic rings. The van der Waals surface area contributed by atoms with E-state index in [1.54, 1.807) is 13.0 Å². The molecule has 0 unspecified atom stereocenters. The van der Waals surface area contributed by atoms with Crippen molar-refractivity contribution < 1.29 is 14.6 Å². The Labute approximate surface area is 166 Å². The van der Waals surface area contributed by atoms with Crippen molar-refractivity contribution in [2.45, 2.75) is 18.1 Å². The van der Waals surface area contributed by atoms with E-state index in [0.717, 1.165) is 10.6 Å². The molecule has 2 N–H and O–H groups in total. The number of hydrogen-bond acceptors (Lipinski definition) is 6. The van der Waals surface area contributed by atoms with E-state index in [9.17, 15) is 9.90 Å². The highest BCUT2D eigenvalue weighted by Gasteiger charge is 2.57. The van der Waals surface area contributed by atoms with Crippen LogP contribution in [0.1, 0.15) is 17.4 Å². The molecule has 2 atom stereocenters. The molecule has 0 radical (unpaired) electrons. The number of ether oxygens (including phenoxy) is 1. The van der Waals surface area contributed by atoms with Gasteiger partial charge in [0.05, 0.1) is 7.11 Å². The van der Waals surface area contributed by atoms with Gasteiger partial charge in [0, 0.05) is 22.3 Å². The van der Waals surface area contributed by atoms with Gasteiger partial charge in [-0.1, -0.05) is 41.9 Å². The Bertz CT molecular complexity index is 903. The van der Waals surface area contributed by atoms with Crippen molar-refractivity contribution in [1.82, 2.24) is 4.98 Å². The molecule has 0 saturated carbocycles. The number of thiophene rings is 1. The molecular weight excluding hydrogens is 384 g/mol. The van der Waals surface area contributed by atoms with Gasteiger partial charge in [0.25, 0.3) is 0 Å². The van der Waals surface area contributed by atoms with Crippen LogP contribution in [0.15, 0.2) is 66.2 Å². The third-order valence-corrected chi connectivity index (χ3v) is 5.85. The molecule has 0 spiro atoms. The lowest BCUT2D eigenvalue weighted by molar-refractivity contribution is -0.171. The Morgan fingerprint density at radius 3 is 2.48 bits per heavy atom. The van der Waals surface area contributed by atoms with E-state index in [1.807, 2.05) is 47.8 Å². The number of anilines is 1. The van der Waals surface area contributed by atoms with Crippen molar-refractivity contribution in [3.05, 3.63) is 81.8 Å². The zero-order valence-electron chi connectivity index (χ0n) is 14.8. The van der Waals surface area contributed by atoms with Gasteiger partial charge in [0.2, 0.25) is 5.60 Å². The molecule has 140 valence electrons. The molecule has 2 heterocycles. The SMILES string of the molecule is COC(=O)[C@](O)(c1ccc(Cl)nc1)[C@@](C)(Nc1ccccc1)c1cccs1. The molecule has 27 heavy (non-hydrogen) atoms. The number of esters is 1. The van der Waals surface area contributed by atoms with Gasteiger partial charge in [-0.2, -0.15) is 0 Å². The molecule has 0 bridgehead atoms. The number of para-hydroxylation sites is 1. The summed E-state index contributed by atoms with van der Waals surface area (Å²) in [6.07, 6.45) is 1.39. The number of hydrogen-bond donors (Lipinski definition) is 2. The molecular formula is C20H19ClN2O3S. The summed E-state index contributed by atoms with van der Waals surface area (Å²) in [6.45, 7) is 1.76. The summed E-state index contributed by atoms with van der Waals surface area (Å²) in [6, 6.07) is 16.2. The summed E-state index contributed by atoms with van der Waals surface area (Å²) in [5, 5.41) is 17.3. The summed E-state index contributed by atoms with van der Waals surface area (Å²) >= 11 is 7.32. The first-order chi connectivity index (χ1) is 12.9. The van der Waals surface area contributed by atoms with Crippen molar-refractivity contribution in [3.8, 4) is 0 Å². The summed E-state index contributed by atoms with van der Waals surface area (Å²) in [4.78, 5) is 17.7. The van der Waals surface area contributed by atoms with E-state index >= 15 is 0 Å². The molecule has 2 aromatic heterocycles. The van der Waals surface area contributed by atoms with Crippen LogP contribution in [0.2, 0.25) is 5.15 Å². The fourth-order valence-corrected chi connectivity index (χ4v) is 4.06. The number of rotatable bonds is 6. The van der Waals surface area contributed by atoms with Crippen molar-refractivity contribution in [2.75, 3.05) is 12.4 Å². The second kappa shape index (κ2) is 7.68. The molecule has 5 nitrogen and oxygen atoms in total. The van der Waals surface area contributed by atoms with Gasteiger partial charge in [-0.3, -0.25) is 0 Å². The number of carbonyl (C=O) groups excluding carboxylic acids is 1. The lowest BCUT2D eigenvalue weighted by atomic mass is 9.75. The fourth-order valence-electron chi connectivity index (χ4n) is 3.05. The Morgan fingerprint density at radius 1 is 1.19 bits per heavy atom. The molecule has 0 fully saturated rings. The quantitative estimate of drug-likeness (QED) is 0.478. The Kier molecular flexibility index (Phi) is 5.51. The number of methoxy groups -OCH3 is 1.